The molecule has 1 aromatic heterocycles. The average Bonchev–Trinajstić information content (AvgIpc) is 3.35. The van der Waals surface area contributed by atoms with E-state index in [4.69, 9.17) is 9.47 Å². The Balaban J connectivity index is 1.52. The molecule has 37 heavy (non-hydrogen) atoms. The number of thiophene rings is 1. The molecule has 1 aliphatic heterocycles. The van der Waals surface area contributed by atoms with Crippen LogP contribution in [-0.2, 0) is 22.6 Å². The molecule has 3 aromatic rings. The van der Waals surface area contributed by atoms with Crippen molar-refractivity contribution in [3.05, 3.63) is 87.6 Å². The molecule has 2 amide bonds. The number of ether oxygens (including phenoxy) is 2. The van der Waals surface area contributed by atoms with Gasteiger partial charge in [-0.05, 0) is 48.9 Å². The third kappa shape index (κ3) is 7.89. The van der Waals surface area contributed by atoms with Crippen molar-refractivity contribution in [2.24, 2.45) is 0 Å². The van der Waals surface area contributed by atoms with E-state index in [0.717, 1.165) is 23.5 Å². The molecule has 7 nitrogen and oxygen atoms in total. The smallest absolute Gasteiger partial charge is 0.254 e. The molecule has 4 rings (SSSR count). The zero-order valence-electron chi connectivity index (χ0n) is 21.6. The van der Waals surface area contributed by atoms with Gasteiger partial charge < -0.3 is 19.3 Å². The van der Waals surface area contributed by atoms with Gasteiger partial charge in [0.2, 0.25) is 5.91 Å². The standard InChI is InChI=1S/C29H35N3O4S/c1-23-8-13-27(37-23)21-32(20-24-6-4-3-5-7-24)28(33)22-31(15-14-30-16-18-36-19-17-30)29(34)25-9-11-26(35-2)12-10-25/h3-13H,14-22H2,1-2H3. The maximum atomic E-state index is 13.7. The molecular formula is C29H35N3O4S. The average molecular weight is 522 g/mol. The number of morpholine rings is 1. The molecule has 2 aromatic carbocycles. The maximum absolute atomic E-state index is 13.7. The van der Waals surface area contributed by atoms with Crippen LogP contribution in [-0.4, -0.2) is 79.6 Å². The molecular weight excluding hydrogens is 486 g/mol. The summed E-state index contributed by atoms with van der Waals surface area (Å²) in [5, 5.41) is 0. The molecule has 0 bridgehead atoms. The number of carbonyl (C=O) groups excluding carboxylic acids is 2. The van der Waals surface area contributed by atoms with Crippen LogP contribution in [0.3, 0.4) is 0 Å². The van der Waals surface area contributed by atoms with Gasteiger partial charge in [-0.2, -0.15) is 0 Å². The largest absolute Gasteiger partial charge is 0.497 e. The van der Waals surface area contributed by atoms with Crippen LogP contribution in [0.25, 0.3) is 0 Å². The summed E-state index contributed by atoms with van der Waals surface area (Å²) in [5.41, 5.74) is 1.60. The van der Waals surface area contributed by atoms with Crippen LogP contribution in [0, 0.1) is 6.92 Å². The Bertz CT molecular complexity index is 1140. The summed E-state index contributed by atoms with van der Waals surface area (Å²) in [4.78, 5) is 35.5. The van der Waals surface area contributed by atoms with Gasteiger partial charge in [-0.25, -0.2) is 0 Å². The van der Waals surface area contributed by atoms with E-state index in [9.17, 15) is 9.59 Å². The van der Waals surface area contributed by atoms with Crippen molar-refractivity contribution in [1.29, 1.82) is 0 Å². The van der Waals surface area contributed by atoms with Crippen LogP contribution < -0.4 is 4.74 Å². The van der Waals surface area contributed by atoms with Crippen LogP contribution in [0.4, 0.5) is 0 Å². The fraction of sp³-hybridized carbons (Fsp3) is 0.379. The fourth-order valence-corrected chi connectivity index (χ4v) is 5.22. The molecule has 8 heteroatoms. The van der Waals surface area contributed by atoms with Crippen LogP contribution >= 0.6 is 11.3 Å². The minimum Gasteiger partial charge on any atom is -0.497 e. The first-order valence-corrected chi connectivity index (χ1v) is 13.4. The van der Waals surface area contributed by atoms with E-state index in [1.165, 1.54) is 4.88 Å². The number of hydrogen-bond donors (Lipinski definition) is 0. The van der Waals surface area contributed by atoms with E-state index in [1.54, 1.807) is 47.6 Å². The van der Waals surface area contributed by atoms with Crippen molar-refractivity contribution >= 4 is 23.2 Å². The Morgan fingerprint density at radius 1 is 0.946 bits per heavy atom. The van der Waals surface area contributed by atoms with Gasteiger partial charge >= 0.3 is 0 Å². The lowest BCUT2D eigenvalue weighted by molar-refractivity contribution is -0.133. The Labute approximate surface area is 223 Å². The van der Waals surface area contributed by atoms with Crippen LogP contribution in [0.1, 0.15) is 25.7 Å². The quantitative estimate of drug-likeness (QED) is 0.381. The number of rotatable bonds is 11. The highest BCUT2D eigenvalue weighted by atomic mass is 32.1. The summed E-state index contributed by atoms with van der Waals surface area (Å²) in [6.45, 7) is 7.30. The second kappa shape index (κ2) is 13.4. The fourth-order valence-electron chi connectivity index (χ4n) is 4.31. The number of carbonyl (C=O) groups is 2. The van der Waals surface area contributed by atoms with Gasteiger partial charge in [0.25, 0.3) is 5.91 Å². The van der Waals surface area contributed by atoms with Crippen molar-refractivity contribution in [3.8, 4) is 5.75 Å². The summed E-state index contributed by atoms with van der Waals surface area (Å²) in [6.07, 6.45) is 0. The molecule has 0 atom stereocenters. The Morgan fingerprint density at radius 3 is 2.32 bits per heavy atom. The van der Waals surface area contributed by atoms with E-state index in [2.05, 4.69) is 24.0 Å². The molecule has 0 radical (unpaired) electrons. The summed E-state index contributed by atoms with van der Waals surface area (Å²) >= 11 is 1.69. The monoisotopic (exact) mass is 521 g/mol. The van der Waals surface area contributed by atoms with E-state index in [-0.39, 0.29) is 18.4 Å². The lowest BCUT2D eigenvalue weighted by atomic mass is 10.1. The van der Waals surface area contributed by atoms with E-state index < -0.39 is 0 Å². The molecule has 1 fully saturated rings. The first-order chi connectivity index (χ1) is 18.0. The summed E-state index contributed by atoms with van der Waals surface area (Å²) < 4.78 is 10.7. The van der Waals surface area contributed by atoms with E-state index >= 15 is 0 Å². The Hall–Kier alpha value is -3.20. The highest BCUT2D eigenvalue weighted by Crippen LogP contribution is 2.20. The predicted octanol–water partition coefficient (Wildman–Crippen LogP) is 4.07. The first-order valence-electron chi connectivity index (χ1n) is 12.6. The van der Waals surface area contributed by atoms with Gasteiger partial charge in [0.05, 0.1) is 26.9 Å². The van der Waals surface area contributed by atoms with Gasteiger partial charge in [0.1, 0.15) is 12.3 Å². The third-order valence-electron chi connectivity index (χ3n) is 6.45. The van der Waals surface area contributed by atoms with Gasteiger partial charge in [-0.1, -0.05) is 30.3 Å². The topological polar surface area (TPSA) is 62.3 Å². The molecule has 0 saturated carbocycles. The number of nitrogens with zero attached hydrogens (tertiary/aromatic N) is 3. The summed E-state index contributed by atoms with van der Waals surface area (Å²) in [5.74, 6) is 0.461. The predicted molar refractivity (Wildman–Crippen MR) is 146 cm³/mol. The van der Waals surface area contributed by atoms with Crippen molar-refractivity contribution in [2.75, 3.05) is 53.0 Å². The van der Waals surface area contributed by atoms with Crippen molar-refractivity contribution in [1.82, 2.24) is 14.7 Å². The van der Waals surface area contributed by atoms with Gasteiger partial charge in [-0.15, -0.1) is 11.3 Å². The van der Waals surface area contributed by atoms with Crippen molar-refractivity contribution in [3.63, 3.8) is 0 Å². The number of amides is 2. The second-order valence-corrected chi connectivity index (χ2v) is 10.5. The molecule has 0 unspecified atom stereocenters. The molecule has 0 aliphatic carbocycles. The highest BCUT2D eigenvalue weighted by Gasteiger charge is 2.24. The normalized spacial score (nSPS) is 13.8. The van der Waals surface area contributed by atoms with Gasteiger partial charge in [0, 0.05) is 48.0 Å². The number of methoxy groups -OCH3 is 1. The summed E-state index contributed by atoms with van der Waals surface area (Å²) in [6, 6.07) is 21.2. The minimum atomic E-state index is -0.157. The zero-order valence-corrected chi connectivity index (χ0v) is 22.4. The van der Waals surface area contributed by atoms with Crippen LogP contribution in [0.5, 0.6) is 5.75 Å². The minimum absolute atomic E-state index is 0.0202. The number of hydrogen-bond acceptors (Lipinski definition) is 6. The molecule has 2 heterocycles. The summed E-state index contributed by atoms with van der Waals surface area (Å²) in [7, 11) is 1.60. The Morgan fingerprint density at radius 2 is 1.68 bits per heavy atom. The molecule has 0 N–H and O–H groups in total. The van der Waals surface area contributed by atoms with E-state index in [0.29, 0.717) is 50.7 Å². The number of benzene rings is 2. The molecule has 1 aliphatic rings. The third-order valence-corrected chi connectivity index (χ3v) is 7.44. The van der Waals surface area contributed by atoms with Crippen LogP contribution in [0.2, 0.25) is 0 Å². The molecule has 1 saturated heterocycles. The zero-order chi connectivity index (χ0) is 26.0. The van der Waals surface area contributed by atoms with Crippen molar-refractivity contribution in [2.45, 2.75) is 20.0 Å². The molecule has 196 valence electrons. The highest BCUT2D eigenvalue weighted by molar-refractivity contribution is 7.11. The lowest BCUT2D eigenvalue weighted by Crippen LogP contribution is -2.47. The molecule has 0 spiro atoms. The second-order valence-electron chi connectivity index (χ2n) is 9.16. The van der Waals surface area contributed by atoms with Crippen LogP contribution in [0.15, 0.2) is 66.7 Å². The maximum Gasteiger partial charge on any atom is 0.254 e. The lowest BCUT2D eigenvalue weighted by Gasteiger charge is -2.31. The van der Waals surface area contributed by atoms with Gasteiger partial charge in [-0.3, -0.25) is 14.5 Å². The Kier molecular flexibility index (Phi) is 9.71. The SMILES string of the molecule is COc1ccc(C(=O)N(CCN2CCOCC2)CC(=O)N(Cc2ccccc2)Cc2ccc(C)s2)cc1. The van der Waals surface area contributed by atoms with E-state index in [1.807, 2.05) is 35.2 Å². The first kappa shape index (κ1) is 26.9. The van der Waals surface area contributed by atoms with Crippen molar-refractivity contribution < 1.29 is 19.1 Å². The number of aryl methyl sites for hydroxylation is 1. The van der Waals surface area contributed by atoms with Gasteiger partial charge in [0.15, 0.2) is 0 Å².